The number of benzene rings is 1. The van der Waals surface area contributed by atoms with Gasteiger partial charge in [0.2, 0.25) is 5.91 Å². The maximum Gasteiger partial charge on any atom is 0.322 e. The molecule has 0 fully saturated rings. The van der Waals surface area contributed by atoms with E-state index in [0.717, 1.165) is 5.69 Å². The fourth-order valence-electron chi connectivity index (χ4n) is 3.41. The number of carbonyl (C=O) groups excluding carboxylic acids is 2. The van der Waals surface area contributed by atoms with Crippen molar-refractivity contribution in [3.05, 3.63) is 79.0 Å². The third kappa shape index (κ3) is 6.22. The highest BCUT2D eigenvalue weighted by molar-refractivity contribution is 5.93. The summed E-state index contributed by atoms with van der Waals surface area (Å²) < 4.78 is 18.0. The summed E-state index contributed by atoms with van der Waals surface area (Å²) in [7, 11) is 4.98. The lowest BCUT2D eigenvalue weighted by Gasteiger charge is -2.27. The van der Waals surface area contributed by atoms with Gasteiger partial charge in [-0.05, 0) is 36.4 Å². The Labute approximate surface area is 199 Å². The van der Waals surface area contributed by atoms with Gasteiger partial charge in [0.15, 0.2) is 0 Å². The first kappa shape index (κ1) is 24.5. The van der Waals surface area contributed by atoms with E-state index >= 15 is 0 Å². The molecular weight excluding hydrogens is 436 g/mol. The summed E-state index contributed by atoms with van der Waals surface area (Å²) in [6.07, 6.45) is 5.07. The van der Waals surface area contributed by atoms with Crippen LogP contribution in [0, 0.1) is 0 Å². The average Bonchev–Trinajstić information content (AvgIpc) is 3.50. The lowest BCUT2D eigenvalue weighted by Crippen LogP contribution is -2.44. The molecule has 0 aliphatic carbocycles. The Morgan fingerprint density at radius 2 is 1.94 bits per heavy atom. The highest BCUT2D eigenvalue weighted by Gasteiger charge is 2.23. The number of rotatable bonds is 11. The highest BCUT2D eigenvalue weighted by Crippen LogP contribution is 2.29. The van der Waals surface area contributed by atoms with Crippen molar-refractivity contribution in [1.82, 2.24) is 14.4 Å². The summed E-state index contributed by atoms with van der Waals surface area (Å²) in [4.78, 5) is 29.4. The van der Waals surface area contributed by atoms with Gasteiger partial charge in [0.25, 0.3) is 0 Å². The summed E-state index contributed by atoms with van der Waals surface area (Å²) in [5.41, 5.74) is 1.42. The van der Waals surface area contributed by atoms with Crippen LogP contribution in [-0.2, 0) is 24.9 Å². The van der Waals surface area contributed by atoms with Crippen LogP contribution in [0.4, 0.5) is 10.5 Å². The molecule has 2 heterocycles. The number of nitrogens with zero attached hydrogens (tertiary/aromatic N) is 3. The van der Waals surface area contributed by atoms with Crippen molar-refractivity contribution in [3.63, 3.8) is 0 Å². The van der Waals surface area contributed by atoms with Crippen LogP contribution in [0.25, 0.3) is 0 Å². The van der Waals surface area contributed by atoms with E-state index in [1.54, 1.807) is 48.6 Å². The van der Waals surface area contributed by atoms with Crippen molar-refractivity contribution in [2.24, 2.45) is 7.05 Å². The molecule has 9 nitrogen and oxygen atoms in total. The zero-order valence-corrected chi connectivity index (χ0v) is 19.7. The van der Waals surface area contributed by atoms with E-state index < -0.39 is 6.03 Å². The number of ether oxygens (including phenoxy) is 2. The Morgan fingerprint density at radius 3 is 2.56 bits per heavy atom. The van der Waals surface area contributed by atoms with Crippen molar-refractivity contribution in [2.75, 3.05) is 32.6 Å². The maximum atomic E-state index is 13.3. The standard InChI is InChI=1S/C25H30N4O5/c1-5-12-28(25(31)26-22-11-10-20(32-3)15-23(22)33-4)18-24(30)29(17-21-9-7-14-34-21)16-19-8-6-13-27(19)2/h5-11,13-15H,1,12,16-18H2,2-4H3,(H,26,31). The molecule has 0 aliphatic rings. The van der Waals surface area contributed by atoms with E-state index in [4.69, 9.17) is 13.9 Å². The lowest BCUT2D eigenvalue weighted by atomic mass is 10.2. The molecular formula is C25H30N4O5. The van der Waals surface area contributed by atoms with Crippen LogP contribution in [0.15, 0.2) is 72.0 Å². The van der Waals surface area contributed by atoms with Gasteiger partial charge in [-0.1, -0.05) is 6.08 Å². The molecule has 0 spiro atoms. The second kappa shape index (κ2) is 11.6. The first-order chi connectivity index (χ1) is 16.4. The number of amides is 3. The molecule has 0 aliphatic heterocycles. The molecule has 1 N–H and O–H groups in total. The SMILES string of the molecule is C=CCN(CC(=O)N(Cc1ccco1)Cc1cccn1C)C(=O)Nc1ccc(OC)cc1OC. The smallest absolute Gasteiger partial charge is 0.322 e. The molecule has 9 heteroatoms. The Bertz CT molecular complexity index is 1110. The van der Waals surface area contributed by atoms with Crippen LogP contribution in [0.3, 0.4) is 0 Å². The minimum atomic E-state index is -0.450. The summed E-state index contributed by atoms with van der Waals surface area (Å²) in [5.74, 6) is 1.48. The van der Waals surface area contributed by atoms with Crippen molar-refractivity contribution in [1.29, 1.82) is 0 Å². The predicted octanol–water partition coefficient (Wildman–Crippen LogP) is 3.88. The van der Waals surface area contributed by atoms with E-state index in [0.29, 0.717) is 29.5 Å². The van der Waals surface area contributed by atoms with E-state index in [1.807, 2.05) is 36.0 Å². The molecule has 3 aromatic rings. The fraction of sp³-hybridized carbons (Fsp3) is 0.280. The number of anilines is 1. The van der Waals surface area contributed by atoms with Crippen molar-refractivity contribution in [3.8, 4) is 11.5 Å². The van der Waals surface area contributed by atoms with Crippen molar-refractivity contribution < 1.29 is 23.5 Å². The number of furan rings is 1. The number of hydrogen-bond donors (Lipinski definition) is 1. The van der Waals surface area contributed by atoms with Gasteiger partial charge in [-0.3, -0.25) is 4.79 Å². The number of hydrogen-bond acceptors (Lipinski definition) is 5. The van der Waals surface area contributed by atoms with Crippen LogP contribution in [0.1, 0.15) is 11.5 Å². The number of aryl methyl sites for hydroxylation is 1. The molecule has 3 amide bonds. The van der Waals surface area contributed by atoms with E-state index in [1.165, 1.54) is 12.0 Å². The molecule has 0 bridgehead atoms. The minimum Gasteiger partial charge on any atom is -0.497 e. The summed E-state index contributed by atoms with van der Waals surface area (Å²) in [6.45, 7) is 4.44. The Hall–Kier alpha value is -4.14. The first-order valence-corrected chi connectivity index (χ1v) is 10.7. The lowest BCUT2D eigenvalue weighted by molar-refractivity contribution is -0.133. The third-order valence-corrected chi connectivity index (χ3v) is 5.30. The Balaban J connectivity index is 1.76. The summed E-state index contributed by atoms with van der Waals surface area (Å²) in [5, 5.41) is 2.81. The average molecular weight is 467 g/mol. The van der Waals surface area contributed by atoms with Gasteiger partial charge in [0.1, 0.15) is 23.8 Å². The van der Waals surface area contributed by atoms with Gasteiger partial charge in [0, 0.05) is 31.5 Å². The highest BCUT2D eigenvalue weighted by atomic mass is 16.5. The molecule has 0 saturated carbocycles. The summed E-state index contributed by atoms with van der Waals surface area (Å²) >= 11 is 0. The van der Waals surface area contributed by atoms with Crippen LogP contribution in [0.2, 0.25) is 0 Å². The van der Waals surface area contributed by atoms with Crippen LogP contribution >= 0.6 is 0 Å². The third-order valence-electron chi connectivity index (χ3n) is 5.30. The molecule has 0 radical (unpaired) electrons. The quantitative estimate of drug-likeness (QED) is 0.433. The predicted molar refractivity (Wildman–Crippen MR) is 129 cm³/mol. The van der Waals surface area contributed by atoms with Gasteiger partial charge >= 0.3 is 6.03 Å². The van der Waals surface area contributed by atoms with Gasteiger partial charge in [-0.25, -0.2) is 4.79 Å². The topological polar surface area (TPSA) is 89.2 Å². The number of nitrogens with one attached hydrogen (secondary N) is 1. The minimum absolute atomic E-state index is 0.137. The van der Waals surface area contributed by atoms with E-state index in [-0.39, 0.29) is 25.5 Å². The normalized spacial score (nSPS) is 10.4. The van der Waals surface area contributed by atoms with Crippen molar-refractivity contribution >= 4 is 17.6 Å². The van der Waals surface area contributed by atoms with Crippen LogP contribution in [0.5, 0.6) is 11.5 Å². The number of urea groups is 1. The Morgan fingerprint density at radius 1 is 1.12 bits per heavy atom. The molecule has 0 saturated heterocycles. The second-order valence-corrected chi connectivity index (χ2v) is 7.61. The molecule has 1 aromatic carbocycles. The number of carbonyl (C=O) groups is 2. The van der Waals surface area contributed by atoms with Gasteiger partial charge in [-0.15, -0.1) is 6.58 Å². The number of methoxy groups -OCH3 is 2. The zero-order chi connectivity index (χ0) is 24.5. The van der Waals surface area contributed by atoms with E-state index in [9.17, 15) is 9.59 Å². The first-order valence-electron chi connectivity index (χ1n) is 10.7. The molecule has 3 rings (SSSR count). The Kier molecular flexibility index (Phi) is 8.39. The molecule has 2 aromatic heterocycles. The molecule has 0 unspecified atom stereocenters. The molecule has 180 valence electrons. The largest absolute Gasteiger partial charge is 0.497 e. The van der Waals surface area contributed by atoms with Gasteiger partial charge < -0.3 is 33.6 Å². The molecule has 34 heavy (non-hydrogen) atoms. The van der Waals surface area contributed by atoms with Gasteiger partial charge in [-0.2, -0.15) is 0 Å². The monoisotopic (exact) mass is 466 g/mol. The zero-order valence-electron chi connectivity index (χ0n) is 19.7. The van der Waals surface area contributed by atoms with Crippen molar-refractivity contribution in [2.45, 2.75) is 13.1 Å². The van der Waals surface area contributed by atoms with E-state index in [2.05, 4.69) is 11.9 Å². The number of aromatic nitrogens is 1. The second-order valence-electron chi connectivity index (χ2n) is 7.61. The molecule has 0 atom stereocenters. The van der Waals surface area contributed by atoms with Crippen LogP contribution < -0.4 is 14.8 Å². The summed E-state index contributed by atoms with van der Waals surface area (Å²) in [6, 6.07) is 12.1. The maximum absolute atomic E-state index is 13.3. The van der Waals surface area contributed by atoms with Gasteiger partial charge in [0.05, 0.1) is 39.3 Å². The fourth-order valence-corrected chi connectivity index (χ4v) is 3.41. The van der Waals surface area contributed by atoms with Crippen LogP contribution in [-0.4, -0.2) is 53.6 Å².